The predicted octanol–water partition coefficient (Wildman–Crippen LogP) is 7.01. The molecule has 0 unspecified atom stereocenters. The number of methoxy groups -OCH3 is 1. The lowest BCUT2D eigenvalue weighted by atomic mass is 9.85. The first-order valence-corrected chi connectivity index (χ1v) is 21.9. The predicted molar refractivity (Wildman–Crippen MR) is 221 cm³/mol. The molecule has 2 aromatic heterocycles. The normalized spacial score (nSPS) is 22.3. The van der Waals surface area contributed by atoms with E-state index in [1.165, 1.54) is 36.4 Å². The van der Waals surface area contributed by atoms with Crippen LogP contribution in [-0.2, 0) is 24.4 Å². The van der Waals surface area contributed by atoms with Crippen LogP contribution in [0.2, 0.25) is 15.1 Å². The Balaban J connectivity index is 1.20. The van der Waals surface area contributed by atoms with Crippen LogP contribution < -0.4 is 24.8 Å². The molecule has 3 amide bonds. The highest BCUT2D eigenvalue weighted by atomic mass is 35.5. The highest BCUT2D eigenvalue weighted by molar-refractivity contribution is 7.91. The molecule has 0 bridgehead atoms. The molecule has 1 saturated heterocycles. The zero-order valence-electron chi connectivity index (χ0n) is 31.8. The number of hydrogen-bond donors (Lipinski definition) is 3. The van der Waals surface area contributed by atoms with E-state index in [2.05, 4.69) is 31.9 Å². The SMILES string of the molecule is C=C[C@@H]1C[C@]1(NC(=O)[C@@H]1C[C@@H](Oc2ncc(OC)c3ccc(Cl)cc23)CN1C(=O)[C@@H](Nc1nc(-c2cc(Cl)cc(Cl)c2F)cs1)C(C)(C)C)C(=O)NS(=O)(=O)C1CC1. The van der Waals surface area contributed by atoms with E-state index in [4.69, 9.17) is 44.3 Å². The van der Waals surface area contributed by atoms with Crippen molar-refractivity contribution in [1.29, 1.82) is 0 Å². The quantitative estimate of drug-likeness (QED) is 0.0938. The molecule has 2 aliphatic carbocycles. The number of amides is 3. The number of nitrogens with zero attached hydrogens (tertiary/aromatic N) is 3. The average molecular weight is 894 g/mol. The van der Waals surface area contributed by atoms with Crippen LogP contribution in [0.3, 0.4) is 0 Å². The highest BCUT2D eigenvalue weighted by Crippen LogP contribution is 2.46. The summed E-state index contributed by atoms with van der Waals surface area (Å²) in [4.78, 5) is 53.3. The Morgan fingerprint density at radius 3 is 2.52 bits per heavy atom. The first-order chi connectivity index (χ1) is 27.3. The lowest BCUT2D eigenvalue weighted by Gasteiger charge is -2.35. The van der Waals surface area contributed by atoms with Gasteiger partial charge in [-0.2, -0.15) is 0 Å². The van der Waals surface area contributed by atoms with E-state index in [9.17, 15) is 22.8 Å². The van der Waals surface area contributed by atoms with Crippen LogP contribution in [0.25, 0.3) is 22.0 Å². The first kappa shape index (κ1) is 41.9. The van der Waals surface area contributed by atoms with Crippen molar-refractivity contribution in [3.63, 3.8) is 0 Å². The second-order valence-corrected chi connectivity index (χ2v) is 19.8. The van der Waals surface area contributed by atoms with Crippen molar-refractivity contribution < 1.29 is 36.7 Å². The van der Waals surface area contributed by atoms with Crippen molar-refractivity contribution in [2.24, 2.45) is 11.3 Å². The number of pyridine rings is 1. The summed E-state index contributed by atoms with van der Waals surface area (Å²) in [6, 6.07) is 5.67. The Bertz CT molecular complexity index is 2440. The third-order valence-corrected chi connectivity index (χ3v) is 13.8. The Morgan fingerprint density at radius 2 is 1.86 bits per heavy atom. The monoisotopic (exact) mass is 892 g/mol. The molecule has 1 aliphatic heterocycles. The molecule has 19 heteroatoms. The van der Waals surface area contributed by atoms with Gasteiger partial charge >= 0.3 is 0 Å². The summed E-state index contributed by atoms with van der Waals surface area (Å²) in [5.74, 6) is -2.61. The summed E-state index contributed by atoms with van der Waals surface area (Å²) in [7, 11) is -2.42. The Kier molecular flexibility index (Phi) is 11.4. The van der Waals surface area contributed by atoms with Crippen LogP contribution in [0.5, 0.6) is 11.6 Å². The van der Waals surface area contributed by atoms with Gasteiger partial charge in [-0.1, -0.05) is 61.7 Å². The minimum absolute atomic E-state index is 0.0166. The molecule has 3 fully saturated rings. The molecule has 3 heterocycles. The summed E-state index contributed by atoms with van der Waals surface area (Å²) in [5, 5.41) is 8.93. The molecule has 0 spiro atoms. The second kappa shape index (κ2) is 15.8. The highest BCUT2D eigenvalue weighted by Gasteiger charge is 2.62. The lowest BCUT2D eigenvalue weighted by Crippen LogP contribution is -2.58. The second-order valence-electron chi connectivity index (χ2n) is 15.7. The van der Waals surface area contributed by atoms with Crippen molar-refractivity contribution in [3.8, 4) is 22.9 Å². The molecule has 4 aromatic rings. The number of carbonyl (C=O) groups excluding carboxylic acids is 3. The van der Waals surface area contributed by atoms with Crippen molar-refractivity contribution >= 4 is 89.8 Å². The van der Waals surface area contributed by atoms with Crippen molar-refractivity contribution in [2.75, 3.05) is 19.0 Å². The Hall–Kier alpha value is -4.22. The average Bonchev–Trinajstić information content (AvgIpc) is 4.05. The lowest BCUT2D eigenvalue weighted by molar-refractivity contribution is -0.141. The topological polar surface area (TPSA) is 169 Å². The minimum atomic E-state index is -3.93. The van der Waals surface area contributed by atoms with Crippen LogP contribution in [0.1, 0.15) is 46.5 Å². The van der Waals surface area contributed by atoms with Crippen LogP contribution >= 0.6 is 46.1 Å². The van der Waals surface area contributed by atoms with E-state index in [0.717, 1.165) is 11.3 Å². The number of benzene rings is 2. The number of anilines is 1. The molecule has 3 N–H and O–H groups in total. The van der Waals surface area contributed by atoms with Crippen molar-refractivity contribution in [3.05, 3.63) is 75.4 Å². The third kappa shape index (κ3) is 8.31. The molecule has 0 radical (unpaired) electrons. The number of rotatable bonds is 13. The number of ether oxygens (including phenoxy) is 2. The molecule has 3 aliphatic rings. The number of halogens is 4. The molecular weight excluding hydrogens is 854 g/mol. The third-order valence-electron chi connectivity index (χ3n) is 10.5. The van der Waals surface area contributed by atoms with Crippen LogP contribution in [0.15, 0.2) is 54.6 Å². The van der Waals surface area contributed by atoms with E-state index >= 15 is 4.39 Å². The first-order valence-electron chi connectivity index (χ1n) is 18.3. The van der Waals surface area contributed by atoms with Gasteiger partial charge in [0.25, 0.3) is 5.91 Å². The Labute approximate surface area is 353 Å². The van der Waals surface area contributed by atoms with Gasteiger partial charge in [0.15, 0.2) is 10.9 Å². The molecule has 5 atom stereocenters. The molecule has 308 valence electrons. The summed E-state index contributed by atoms with van der Waals surface area (Å²) in [6.45, 7) is 9.22. The maximum atomic E-state index is 15.0. The van der Waals surface area contributed by atoms with Crippen LogP contribution in [0, 0.1) is 17.2 Å². The largest absolute Gasteiger partial charge is 0.494 e. The van der Waals surface area contributed by atoms with E-state index in [1.54, 1.807) is 23.6 Å². The summed E-state index contributed by atoms with van der Waals surface area (Å²) in [6.07, 6.45) is 3.19. The minimum Gasteiger partial charge on any atom is -0.494 e. The number of nitrogens with one attached hydrogen (secondary N) is 3. The maximum absolute atomic E-state index is 15.0. The molecule has 2 aromatic carbocycles. The van der Waals surface area contributed by atoms with Gasteiger partial charge in [0.2, 0.25) is 27.7 Å². The molecular formula is C39H40Cl3FN6O7S2. The number of thiazole rings is 1. The molecule has 58 heavy (non-hydrogen) atoms. The van der Waals surface area contributed by atoms with Gasteiger partial charge in [0.1, 0.15) is 29.5 Å². The zero-order chi connectivity index (χ0) is 41.9. The molecule has 2 saturated carbocycles. The van der Waals surface area contributed by atoms with Crippen molar-refractivity contribution in [2.45, 2.75) is 75.4 Å². The van der Waals surface area contributed by atoms with Crippen LogP contribution in [-0.4, -0.2) is 83.6 Å². The summed E-state index contributed by atoms with van der Waals surface area (Å²) in [5.41, 5.74) is -2.04. The fraction of sp³-hybridized carbons (Fsp3) is 0.410. The summed E-state index contributed by atoms with van der Waals surface area (Å²) >= 11 is 19.7. The Morgan fingerprint density at radius 1 is 1.12 bits per heavy atom. The van der Waals surface area contributed by atoms with Gasteiger partial charge in [-0.3, -0.25) is 19.1 Å². The van der Waals surface area contributed by atoms with E-state index < -0.39 is 73.9 Å². The number of likely N-dealkylation sites (tertiary alicyclic amines) is 1. The zero-order valence-corrected chi connectivity index (χ0v) is 35.7. The smallest absolute Gasteiger partial charge is 0.259 e. The summed E-state index contributed by atoms with van der Waals surface area (Å²) < 4.78 is 54.7. The molecule has 7 rings (SSSR count). The van der Waals surface area contributed by atoms with Gasteiger partial charge in [-0.15, -0.1) is 17.9 Å². The number of hydrogen-bond acceptors (Lipinski definition) is 11. The van der Waals surface area contributed by atoms with Gasteiger partial charge in [-0.25, -0.2) is 22.8 Å². The fourth-order valence-electron chi connectivity index (χ4n) is 7.12. The van der Waals surface area contributed by atoms with Gasteiger partial charge < -0.3 is 25.0 Å². The van der Waals surface area contributed by atoms with Gasteiger partial charge in [0, 0.05) is 44.1 Å². The van der Waals surface area contributed by atoms with E-state index in [0.29, 0.717) is 34.4 Å². The van der Waals surface area contributed by atoms with E-state index in [-0.39, 0.29) is 51.7 Å². The standard InChI is InChI=1S/C39H40Cl3FN6O7S2/c1-6-19-15-39(19,36(52)48-58(53,54)23-8-9-23)47-33(50)29-14-22(56-34-25-11-20(40)7-10-24(25)30(55-5)16-44-34)17-49(29)35(51)32(38(2,3)4)46-37-45-28(18-57-37)26-12-21(41)13-27(42)31(26)43/h6-7,10-13,16,18-19,22-23,29,32H,1,8-9,14-15,17H2,2-5H3,(H,45,46)(H,47,50)(H,48,52)/t19-,22-,29+,32-,39-/m1/s1. The number of carbonyl (C=O) groups is 3. The van der Waals surface area contributed by atoms with E-state index in [1.807, 2.05) is 20.8 Å². The molecule has 13 nitrogen and oxygen atoms in total. The number of aromatic nitrogens is 2. The fourth-order valence-corrected chi connectivity index (χ4v) is 9.89. The van der Waals surface area contributed by atoms with Crippen LogP contribution in [0.4, 0.5) is 9.52 Å². The van der Waals surface area contributed by atoms with Gasteiger partial charge in [-0.05, 0) is 55.0 Å². The maximum Gasteiger partial charge on any atom is 0.259 e. The number of sulfonamides is 1. The number of fused-ring (bicyclic) bond motifs is 1. The van der Waals surface area contributed by atoms with Gasteiger partial charge in [0.05, 0.1) is 35.8 Å². The van der Waals surface area contributed by atoms with Crippen molar-refractivity contribution in [1.82, 2.24) is 24.9 Å².